The number of H-pyrrole nitrogens is 1. The van der Waals surface area contributed by atoms with Gasteiger partial charge in [0.25, 0.3) is 0 Å². The smallest absolute Gasteiger partial charge is 0.229 e. The molecule has 1 aliphatic rings. The quantitative estimate of drug-likeness (QED) is 0.412. The molecule has 0 spiro atoms. The Morgan fingerprint density at radius 1 is 1.00 bits per heavy atom. The molecule has 170 valence electrons. The first-order valence-electron chi connectivity index (χ1n) is 11.0. The van der Waals surface area contributed by atoms with Crippen molar-refractivity contribution in [2.24, 2.45) is 0 Å². The first-order chi connectivity index (χ1) is 16.1. The Balaban J connectivity index is 1.35. The van der Waals surface area contributed by atoms with Gasteiger partial charge in [-0.2, -0.15) is 10.1 Å². The molecule has 2 aromatic carbocycles. The van der Waals surface area contributed by atoms with Crippen molar-refractivity contribution < 1.29 is 4.74 Å². The number of likely N-dealkylation sites (N-methyl/N-ethyl adjacent to an activating group) is 1. The number of aromatic nitrogens is 4. The standard InChI is InChI=1S/C24H28N8O/c1-16-14-25-24(29-23(16)27-18-5-4-17-15-26-30-21(17)12-18)28-20-7-6-19(13-22(20)33-3)32-10-8-31(2)9-11-32/h4-7,12-15H,8-11H2,1-3H3,(H,26,30)(H2,25,27,28,29). The first kappa shape index (κ1) is 21.0. The summed E-state index contributed by atoms with van der Waals surface area (Å²) >= 11 is 0. The molecule has 0 atom stereocenters. The fourth-order valence-electron chi connectivity index (χ4n) is 3.95. The molecular formula is C24H28N8O. The van der Waals surface area contributed by atoms with E-state index < -0.39 is 0 Å². The second-order valence-corrected chi connectivity index (χ2v) is 8.32. The van der Waals surface area contributed by atoms with Crippen LogP contribution in [0.1, 0.15) is 5.56 Å². The minimum Gasteiger partial charge on any atom is -0.494 e. The Labute approximate surface area is 192 Å². The lowest BCUT2D eigenvalue weighted by Gasteiger charge is -2.34. The van der Waals surface area contributed by atoms with Crippen molar-refractivity contribution in [3.63, 3.8) is 0 Å². The van der Waals surface area contributed by atoms with Crippen molar-refractivity contribution >= 4 is 39.7 Å². The van der Waals surface area contributed by atoms with Crippen LogP contribution in [0.5, 0.6) is 5.75 Å². The van der Waals surface area contributed by atoms with Gasteiger partial charge in [-0.05, 0) is 44.3 Å². The molecule has 4 aromatic rings. The van der Waals surface area contributed by atoms with Crippen LogP contribution in [0.15, 0.2) is 48.8 Å². The monoisotopic (exact) mass is 444 g/mol. The highest BCUT2D eigenvalue weighted by Crippen LogP contribution is 2.32. The molecule has 0 unspecified atom stereocenters. The van der Waals surface area contributed by atoms with Gasteiger partial charge in [-0.1, -0.05) is 0 Å². The zero-order chi connectivity index (χ0) is 22.8. The van der Waals surface area contributed by atoms with Crippen LogP contribution < -0.4 is 20.3 Å². The number of aromatic amines is 1. The van der Waals surface area contributed by atoms with Crippen molar-refractivity contribution in [3.8, 4) is 5.75 Å². The maximum absolute atomic E-state index is 5.67. The van der Waals surface area contributed by atoms with Crippen molar-refractivity contribution in [3.05, 3.63) is 54.4 Å². The largest absolute Gasteiger partial charge is 0.494 e. The predicted molar refractivity (Wildman–Crippen MR) is 132 cm³/mol. The summed E-state index contributed by atoms with van der Waals surface area (Å²) < 4.78 is 5.67. The lowest BCUT2D eigenvalue weighted by Crippen LogP contribution is -2.44. The summed E-state index contributed by atoms with van der Waals surface area (Å²) in [6, 6.07) is 12.2. The number of methoxy groups -OCH3 is 1. The van der Waals surface area contributed by atoms with Gasteiger partial charge in [0.05, 0.1) is 24.5 Å². The van der Waals surface area contributed by atoms with Crippen LogP contribution in [-0.2, 0) is 0 Å². The number of nitrogens with one attached hydrogen (secondary N) is 3. The van der Waals surface area contributed by atoms with Gasteiger partial charge in [0, 0.05) is 60.8 Å². The Kier molecular flexibility index (Phi) is 5.70. The number of anilines is 5. The third kappa shape index (κ3) is 4.54. The normalized spacial score (nSPS) is 14.5. The van der Waals surface area contributed by atoms with Crippen LogP contribution in [0.4, 0.5) is 28.8 Å². The molecule has 0 bridgehead atoms. The number of hydrogen-bond acceptors (Lipinski definition) is 8. The van der Waals surface area contributed by atoms with Crippen LogP contribution in [0.25, 0.3) is 10.9 Å². The van der Waals surface area contributed by atoms with Crippen LogP contribution in [0.2, 0.25) is 0 Å². The van der Waals surface area contributed by atoms with E-state index in [1.54, 1.807) is 19.5 Å². The number of benzene rings is 2. The van der Waals surface area contributed by atoms with Gasteiger partial charge < -0.3 is 25.2 Å². The molecule has 0 saturated carbocycles. The Morgan fingerprint density at radius 3 is 2.67 bits per heavy atom. The zero-order valence-corrected chi connectivity index (χ0v) is 19.1. The average Bonchev–Trinajstić information content (AvgIpc) is 3.30. The molecule has 1 fully saturated rings. The molecule has 9 nitrogen and oxygen atoms in total. The molecule has 2 aromatic heterocycles. The number of aryl methyl sites for hydroxylation is 1. The van der Waals surface area contributed by atoms with Gasteiger partial charge in [-0.3, -0.25) is 5.10 Å². The van der Waals surface area contributed by atoms with Crippen molar-refractivity contribution in [1.82, 2.24) is 25.1 Å². The molecule has 1 saturated heterocycles. The van der Waals surface area contributed by atoms with E-state index in [0.29, 0.717) is 5.95 Å². The van der Waals surface area contributed by atoms with E-state index in [1.807, 2.05) is 31.2 Å². The molecule has 1 aliphatic heterocycles. The molecule has 5 rings (SSSR count). The lowest BCUT2D eigenvalue weighted by molar-refractivity contribution is 0.312. The van der Waals surface area contributed by atoms with Crippen LogP contribution in [0.3, 0.4) is 0 Å². The summed E-state index contributed by atoms with van der Waals surface area (Å²) in [6.45, 7) is 6.11. The second-order valence-electron chi connectivity index (χ2n) is 8.32. The Bertz CT molecular complexity index is 1260. The predicted octanol–water partition coefficient (Wildman–Crippen LogP) is 3.91. The summed E-state index contributed by atoms with van der Waals surface area (Å²) in [5.74, 6) is 1.99. The maximum Gasteiger partial charge on any atom is 0.229 e. The number of piperazine rings is 1. The summed E-state index contributed by atoms with van der Waals surface area (Å²) in [5, 5.41) is 14.8. The third-order valence-electron chi connectivity index (χ3n) is 5.98. The van der Waals surface area contributed by atoms with Gasteiger partial charge in [-0.25, -0.2) is 4.98 Å². The molecule has 0 aliphatic carbocycles. The van der Waals surface area contributed by atoms with Crippen molar-refractivity contribution in [2.75, 3.05) is 55.9 Å². The summed E-state index contributed by atoms with van der Waals surface area (Å²) in [7, 11) is 3.84. The van der Waals surface area contributed by atoms with Crippen LogP contribution in [0, 0.1) is 6.92 Å². The van der Waals surface area contributed by atoms with E-state index >= 15 is 0 Å². The first-order valence-corrected chi connectivity index (χ1v) is 11.0. The molecule has 3 N–H and O–H groups in total. The molecule has 3 heterocycles. The summed E-state index contributed by atoms with van der Waals surface area (Å²) in [6.07, 6.45) is 3.61. The van der Waals surface area contributed by atoms with Gasteiger partial charge >= 0.3 is 0 Å². The summed E-state index contributed by atoms with van der Waals surface area (Å²) in [5.41, 5.74) is 4.82. The highest BCUT2D eigenvalue weighted by molar-refractivity contribution is 5.82. The fraction of sp³-hybridized carbons (Fsp3) is 0.292. The minimum absolute atomic E-state index is 0.497. The van der Waals surface area contributed by atoms with E-state index in [1.165, 1.54) is 0 Å². The third-order valence-corrected chi connectivity index (χ3v) is 5.98. The van der Waals surface area contributed by atoms with E-state index in [4.69, 9.17) is 9.72 Å². The van der Waals surface area contributed by atoms with Crippen molar-refractivity contribution in [2.45, 2.75) is 6.92 Å². The average molecular weight is 445 g/mol. The number of nitrogens with zero attached hydrogens (tertiary/aromatic N) is 5. The lowest BCUT2D eigenvalue weighted by atomic mass is 10.2. The SMILES string of the molecule is COc1cc(N2CCN(C)CC2)ccc1Nc1ncc(C)c(Nc2ccc3cn[nH]c3c2)n1. The van der Waals surface area contributed by atoms with E-state index in [-0.39, 0.29) is 0 Å². The maximum atomic E-state index is 5.67. The molecular weight excluding hydrogens is 416 g/mol. The second kappa shape index (κ2) is 8.95. The van der Waals surface area contributed by atoms with Gasteiger partial charge in [-0.15, -0.1) is 0 Å². The topological polar surface area (TPSA) is 94.2 Å². The number of hydrogen-bond donors (Lipinski definition) is 3. The van der Waals surface area contributed by atoms with Gasteiger partial charge in [0.1, 0.15) is 11.6 Å². The summed E-state index contributed by atoms with van der Waals surface area (Å²) in [4.78, 5) is 13.9. The number of rotatable bonds is 6. The highest BCUT2D eigenvalue weighted by atomic mass is 16.5. The van der Waals surface area contributed by atoms with E-state index in [0.717, 1.165) is 71.3 Å². The van der Waals surface area contributed by atoms with Crippen LogP contribution >= 0.6 is 0 Å². The molecule has 0 radical (unpaired) electrons. The minimum atomic E-state index is 0.497. The fourth-order valence-corrected chi connectivity index (χ4v) is 3.95. The van der Waals surface area contributed by atoms with Gasteiger partial charge in [0.15, 0.2) is 0 Å². The molecule has 9 heteroatoms. The van der Waals surface area contributed by atoms with Crippen molar-refractivity contribution in [1.29, 1.82) is 0 Å². The number of fused-ring (bicyclic) bond motifs is 1. The molecule has 0 amide bonds. The van der Waals surface area contributed by atoms with Crippen LogP contribution in [-0.4, -0.2) is 65.4 Å². The molecule has 33 heavy (non-hydrogen) atoms. The highest BCUT2D eigenvalue weighted by Gasteiger charge is 2.16. The zero-order valence-electron chi connectivity index (χ0n) is 19.1. The van der Waals surface area contributed by atoms with E-state index in [2.05, 4.69) is 54.8 Å². The Hall–Kier alpha value is -3.85. The van der Waals surface area contributed by atoms with Gasteiger partial charge in [0.2, 0.25) is 5.95 Å². The number of ether oxygens (including phenoxy) is 1. The van der Waals surface area contributed by atoms with E-state index in [9.17, 15) is 0 Å². The Morgan fingerprint density at radius 2 is 1.85 bits per heavy atom.